The first-order valence-electron chi connectivity index (χ1n) is 12.4. The highest BCUT2D eigenvalue weighted by atomic mass is 16.5. The van der Waals surface area contributed by atoms with Crippen molar-refractivity contribution < 1.29 is 9.53 Å². The molecule has 2 heterocycles. The van der Waals surface area contributed by atoms with Gasteiger partial charge in [0.15, 0.2) is 0 Å². The summed E-state index contributed by atoms with van der Waals surface area (Å²) in [6.45, 7) is 4.13. The number of nitrogens with zero attached hydrogens (tertiary/aromatic N) is 2. The van der Waals surface area contributed by atoms with Crippen molar-refractivity contribution in [2.24, 2.45) is 11.0 Å². The van der Waals surface area contributed by atoms with E-state index in [0.29, 0.717) is 11.8 Å². The van der Waals surface area contributed by atoms with Crippen LogP contribution in [0.3, 0.4) is 0 Å². The number of amides is 1. The number of benzene rings is 1. The van der Waals surface area contributed by atoms with Crippen LogP contribution in [0.5, 0.6) is 5.75 Å². The van der Waals surface area contributed by atoms with Gasteiger partial charge >= 0.3 is 0 Å². The number of anilines is 1. The summed E-state index contributed by atoms with van der Waals surface area (Å²) in [7, 11) is 0. The van der Waals surface area contributed by atoms with Gasteiger partial charge in [0.05, 0.1) is 11.8 Å². The molecule has 1 atom stereocenters. The van der Waals surface area contributed by atoms with Gasteiger partial charge in [-0.15, -0.1) is 0 Å². The Labute approximate surface area is 190 Å². The molecule has 0 spiro atoms. The van der Waals surface area contributed by atoms with Gasteiger partial charge in [-0.2, -0.15) is 5.10 Å². The molecule has 4 aliphatic rings. The van der Waals surface area contributed by atoms with Crippen LogP contribution >= 0.6 is 0 Å². The molecule has 172 valence electrons. The maximum absolute atomic E-state index is 13.1. The largest absolute Gasteiger partial charge is 0.489 e. The van der Waals surface area contributed by atoms with Gasteiger partial charge < -0.3 is 25.8 Å². The summed E-state index contributed by atoms with van der Waals surface area (Å²) in [4.78, 5) is 15.1. The predicted octanol–water partition coefficient (Wildman–Crippen LogP) is 3.39. The number of nitrogens with one attached hydrogen (secondary N) is 3. The summed E-state index contributed by atoms with van der Waals surface area (Å²) in [5.74, 6) is 1.28. The fourth-order valence-corrected chi connectivity index (χ4v) is 4.94. The summed E-state index contributed by atoms with van der Waals surface area (Å²) in [6, 6.07) is 4.59. The van der Waals surface area contributed by atoms with Crippen molar-refractivity contribution in [1.29, 1.82) is 5.41 Å². The van der Waals surface area contributed by atoms with Crippen molar-refractivity contribution in [3.05, 3.63) is 23.3 Å². The molecule has 7 nitrogen and oxygen atoms in total. The Morgan fingerprint density at radius 3 is 2.62 bits per heavy atom. The molecule has 1 saturated heterocycles. The van der Waals surface area contributed by atoms with Gasteiger partial charge in [0.2, 0.25) is 5.91 Å². The lowest BCUT2D eigenvalue weighted by Crippen LogP contribution is -2.43. The molecular weight excluding hydrogens is 402 g/mol. The number of carbonyl (C=O) groups excluding carboxylic acids is 1. The van der Waals surface area contributed by atoms with Gasteiger partial charge in [-0.3, -0.25) is 4.79 Å². The highest BCUT2D eigenvalue weighted by molar-refractivity contribution is 6.38. The molecule has 3 N–H and O–H groups in total. The first-order valence-corrected chi connectivity index (χ1v) is 12.4. The second-order valence-corrected chi connectivity index (χ2v) is 9.78. The number of rotatable bonds is 7. The Morgan fingerprint density at radius 1 is 1.19 bits per heavy atom. The summed E-state index contributed by atoms with van der Waals surface area (Å²) >= 11 is 0. The van der Waals surface area contributed by atoms with Gasteiger partial charge in [-0.1, -0.05) is 0 Å². The number of hydrazone groups is 1. The zero-order valence-corrected chi connectivity index (χ0v) is 19.0. The number of carbonyl (C=O) groups is 1. The van der Waals surface area contributed by atoms with E-state index in [0.717, 1.165) is 87.0 Å². The Kier molecular flexibility index (Phi) is 6.17. The van der Waals surface area contributed by atoms with Crippen LogP contribution in [0.15, 0.2) is 17.2 Å². The van der Waals surface area contributed by atoms with Crippen molar-refractivity contribution in [2.75, 3.05) is 18.0 Å². The molecule has 0 bridgehead atoms. The van der Waals surface area contributed by atoms with E-state index in [-0.39, 0.29) is 24.0 Å². The first-order chi connectivity index (χ1) is 15.7. The molecule has 32 heavy (non-hydrogen) atoms. The summed E-state index contributed by atoms with van der Waals surface area (Å²) in [5.41, 5.74) is 6.86. The third kappa shape index (κ3) is 4.27. The molecule has 0 radical (unpaired) electrons. The van der Waals surface area contributed by atoms with Crippen LogP contribution in [0.2, 0.25) is 0 Å². The minimum atomic E-state index is 0.187. The molecule has 1 amide bonds. The van der Waals surface area contributed by atoms with E-state index < -0.39 is 0 Å². The molecule has 7 heteroatoms. The lowest BCUT2D eigenvalue weighted by Gasteiger charge is -2.38. The Morgan fingerprint density at radius 2 is 1.97 bits per heavy atom. The van der Waals surface area contributed by atoms with Gasteiger partial charge in [-0.25, -0.2) is 0 Å². The van der Waals surface area contributed by atoms with Gasteiger partial charge in [0.1, 0.15) is 11.5 Å². The Balaban J connectivity index is 1.50. The monoisotopic (exact) mass is 437 g/mol. The van der Waals surface area contributed by atoms with Crippen molar-refractivity contribution >= 4 is 23.5 Å². The minimum absolute atomic E-state index is 0.187. The van der Waals surface area contributed by atoms with Gasteiger partial charge in [0, 0.05) is 35.3 Å². The molecular formula is C25H35N5O2. The second kappa shape index (κ2) is 9.22. The first kappa shape index (κ1) is 21.4. The quantitative estimate of drug-likeness (QED) is 0.451. The van der Waals surface area contributed by atoms with E-state index in [4.69, 9.17) is 10.1 Å². The maximum atomic E-state index is 13.1. The average Bonchev–Trinajstić information content (AvgIpc) is 3.63. The fourth-order valence-electron chi connectivity index (χ4n) is 4.94. The minimum Gasteiger partial charge on any atom is -0.489 e. The molecule has 5 rings (SSSR count). The van der Waals surface area contributed by atoms with Gasteiger partial charge in [0.25, 0.3) is 0 Å². The van der Waals surface area contributed by atoms with E-state index in [2.05, 4.69) is 28.8 Å². The Bertz CT molecular complexity index is 900. The zero-order valence-electron chi connectivity index (χ0n) is 19.0. The SMILES string of the molecule is CC1CCc2c(ccc(/C(C=N)=N/NC3CCNCC3)c2OC2CCC2)N1C(=O)C1CC1. The second-order valence-electron chi connectivity index (χ2n) is 9.78. The number of ether oxygens (including phenoxy) is 1. The van der Waals surface area contributed by atoms with Crippen LogP contribution in [0, 0.1) is 11.3 Å². The molecule has 3 fully saturated rings. The van der Waals surface area contributed by atoms with Gasteiger partial charge in [-0.05, 0) is 89.9 Å². The number of fused-ring (bicyclic) bond motifs is 1. The highest BCUT2D eigenvalue weighted by Gasteiger charge is 2.39. The average molecular weight is 438 g/mol. The highest BCUT2D eigenvalue weighted by Crippen LogP contribution is 2.43. The standard InChI is InChI=1S/C25H35N5O2/c1-16-5-8-21-23(30(16)25(31)17-6-7-17)10-9-20(24(21)32-19-3-2-4-19)22(15-26)29-28-18-11-13-27-14-12-18/h9-10,15-19,26-28H,2-8,11-14H2,1H3/b26-15?,29-22+. The molecule has 0 aromatic heterocycles. The third-order valence-corrected chi connectivity index (χ3v) is 7.37. The van der Waals surface area contributed by atoms with E-state index in [9.17, 15) is 4.79 Å². The van der Waals surface area contributed by atoms with Crippen LogP contribution in [0.4, 0.5) is 5.69 Å². The van der Waals surface area contributed by atoms with Crippen molar-refractivity contribution in [3.8, 4) is 5.75 Å². The van der Waals surface area contributed by atoms with Crippen LogP contribution < -0.4 is 20.4 Å². The summed E-state index contributed by atoms with van der Waals surface area (Å²) < 4.78 is 6.53. The Hall–Kier alpha value is -2.41. The molecule has 2 aliphatic heterocycles. The molecule has 1 aromatic carbocycles. The van der Waals surface area contributed by atoms with Crippen LogP contribution in [0.1, 0.15) is 69.4 Å². The van der Waals surface area contributed by atoms with Crippen LogP contribution in [0.25, 0.3) is 0 Å². The normalized spacial score (nSPS) is 24.5. The summed E-state index contributed by atoms with van der Waals surface area (Å²) in [5, 5.41) is 16.1. The topological polar surface area (TPSA) is 89.8 Å². The van der Waals surface area contributed by atoms with Crippen LogP contribution in [-0.2, 0) is 11.2 Å². The van der Waals surface area contributed by atoms with Crippen molar-refractivity contribution in [3.63, 3.8) is 0 Å². The fraction of sp³-hybridized carbons (Fsp3) is 0.640. The molecule has 1 unspecified atom stereocenters. The van der Waals surface area contributed by atoms with E-state index in [1.54, 1.807) is 0 Å². The third-order valence-electron chi connectivity index (χ3n) is 7.37. The predicted molar refractivity (Wildman–Crippen MR) is 127 cm³/mol. The zero-order chi connectivity index (χ0) is 22.1. The maximum Gasteiger partial charge on any atom is 0.230 e. The lowest BCUT2D eigenvalue weighted by molar-refractivity contribution is -0.120. The van der Waals surface area contributed by atoms with E-state index in [1.165, 1.54) is 12.6 Å². The number of hydrogen-bond donors (Lipinski definition) is 3. The molecule has 2 aliphatic carbocycles. The van der Waals surface area contributed by atoms with Crippen molar-refractivity contribution in [2.45, 2.75) is 82.9 Å². The van der Waals surface area contributed by atoms with Crippen molar-refractivity contribution in [1.82, 2.24) is 10.7 Å². The van der Waals surface area contributed by atoms with E-state index >= 15 is 0 Å². The molecule has 1 aromatic rings. The van der Waals surface area contributed by atoms with Crippen LogP contribution in [-0.4, -0.2) is 49.1 Å². The number of hydrogen-bond acceptors (Lipinski definition) is 6. The molecule has 2 saturated carbocycles. The summed E-state index contributed by atoms with van der Waals surface area (Å²) in [6.07, 6.45) is 10.8. The lowest BCUT2D eigenvalue weighted by atomic mass is 9.91. The van der Waals surface area contributed by atoms with E-state index in [1.807, 2.05) is 11.0 Å². The smallest absolute Gasteiger partial charge is 0.230 e. The number of piperidine rings is 1.